The summed E-state index contributed by atoms with van der Waals surface area (Å²) in [5.41, 5.74) is 1.24. The third-order valence-corrected chi connectivity index (χ3v) is 4.48. The zero-order valence-corrected chi connectivity index (χ0v) is 13.9. The van der Waals surface area contributed by atoms with Gasteiger partial charge in [0.1, 0.15) is 5.76 Å². The maximum atomic E-state index is 12.5. The van der Waals surface area contributed by atoms with Crippen LogP contribution in [-0.4, -0.2) is 47.5 Å². The largest absolute Gasteiger partial charge is 0.360 e. The van der Waals surface area contributed by atoms with Crippen molar-refractivity contribution >= 4 is 17.5 Å². The first-order chi connectivity index (χ1) is 11.1. The van der Waals surface area contributed by atoms with E-state index in [-0.39, 0.29) is 11.9 Å². The Morgan fingerprint density at radius 1 is 1.35 bits per heavy atom. The van der Waals surface area contributed by atoms with E-state index in [9.17, 15) is 4.79 Å². The van der Waals surface area contributed by atoms with Crippen LogP contribution in [0.1, 0.15) is 23.8 Å². The van der Waals surface area contributed by atoms with Gasteiger partial charge in [0.05, 0.1) is 6.04 Å². The molecule has 122 valence electrons. The number of piperazine rings is 1. The average Bonchev–Trinajstić information content (AvgIpc) is 2.99. The topological polar surface area (TPSA) is 49.6 Å². The molecule has 0 N–H and O–H groups in total. The van der Waals surface area contributed by atoms with Gasteiger partial charge in [-0.05, 0) is 12.6 Å². The van der Waals surface area contributed by atoms with Crippen molar-refractivity contribution in [3.05, 3.63) is 52.9 Å². The van der Waals surface area contributed by atoms with Crippen LogP contribution in [0.3, 0.4) is 0 Å². The molecule has 2 heterocycles. The van der Waals surface area contributed by atoms with Crippen molar-refractivity contribution in [1.82, 2.24) is 15.0 Å². The van der Waals surface area contributed by atoms with Crippen LogP contribution in [0, 0.1) is 0 Å². The minimum Gasteiger partial charge on any atom is -0.360 e. The second kappa shape index (κ2) is 7.15. The number of carbonyl (C=O) groups excluding carboxylic acids is 1. The van der Waals surface area contributed by atoms with E-state index in [4.69, 9.17) is 16.1 Å². The van der Waals surface area contributed by atoms with E-state index >= 15 is 0 Å². The zero-order chi connectivity index (χ0) is 16.2. The number of hydrogen-bond donors (Lipinski definition) is 0. The first-order valence-corrected chi connectivity index (χ1v) is 8.15. The normalized spacial score (nSPS) is 19.0. The minimum atomic E-state index is 0.145. The lowest BCUT2D eigenvalue weighted by Crippen LogP contribution is -2.49. The van der Waals surface area contributed by atoms with Crippen molar-refractivity contribution in [3.63, 3.8) is 0 Å². The summed E-state index contributed by atoms with van der Waals surface area (Å²) in [6.07, 6.45) is 0.942. The van der Waals surface area contributed by atoms with E-state index < -0.39 is 0 Å². The first kappa shape index (κ1) is 16.0. The van der Waals surface area contributed by atoms with Gasteiger partial charge in [0.2, 0.25) is 5.91 Å². The molecule has 1 aromatic carbocycles. The predicted molar refractivity (Wildman–Crippen MR) is 88.2 cm³/mol. The fraction of sp³-hybridized carbons (Fsp3) is 0.412. The van der Waals surface area contributed by atoms with E-state index in [1.54, 1.807) is 6.07 Å². The number of halogens is 1. The Morgan fingerprint density at radius 2 is 2.13 bits per heavy atom. The summed E-state index contributed by atoms with van der Waals surface area (Å²) in [4.78, 5) is 16.7. The number of amides is 1. The van der Waals surface area contributed by atoms with Gasteiger partial charge in [0, 0.05) is 38.5 Å². The number of carbonyl (C=O) groups is 1. The van der Waals surface area contributed by atoms with Crippen LogP contribution in [0.25, 0.3) is 0 Å². The van der Waals surface area contributed by atoms with Crippen LogP contribution in [0.4, 0.5) is 0 Å². The molecule has 0 bridgehead atoms. The lowest BCUT2D eigenvalue weighted by Gasteiger charge is -2.39. The van der Waals surface area contributed by atoms with E-state index in [0.717, 1.165) is 19.6 Å². The molecule has 2 aromatic rings. The van der Waals surface area contributed by atoms with Gasteiger partial charge in [-0.1, -0.05) is 47.1 Å². The third-order valence-electron chi connectivity index (χ3n) is 4.30. The molecule has 23 heavy (non-hydrogen) atoms. The van der Waals surface area contributed by atoms with Gasteiger partial charge in [-0.3, -0.25) is 9.69 Å². The standard InChI is InChI=1S/C17H20ClN3O2/c1-20-9-10-21(12-15(20)13-5-3-2-4-6-13)17(22)8-7-14-11-16(18)19-23-14/h2-6,11,15H,7-10,12H2,1H3. The SMILES string of the molecule is CN1CCN(C(=O)CCc2cc(Cl)no2)CC1c1ccccc1. The second-order valence-electron chi connectivity index (χ2n) is 5.86. The van der Waals surface area contributed by atoms with Crippen molar-refractivity contribution in [2.24, 2.45) is 0 Å². The van der Waals surface area contributed by atoms with E-state index in [1.165, 1.54) is 5.56 Å². The van der Waals surface area contributed by atoms with Gasteiger partial charge < -0.3 is 9.42 Å². The van der Waals surface area contributed by atoms with Gasteiger partial charge in [-0.2, -0.15) is 0 Å². The summed E-state index contributed by atoms with van der Waals surface area (Å²) >= 11 is 5.72. The second-order valence-corrected chi connectivity index (χ2v) is 6.25. The van der Waals surface area contributed by atoms with E-state index in [1.807, 2.05) is 23.1 Å². The monoisotopic (exact) mass is 333 g/mol. The predicted octanol–water partition coefficient (Wildman–Crippen LogP) is 2.78. The highest BCUT2D eigenvalue weighted by Gasteiger charge is 2.28. The molecule has 6 heteroatoms. The molecule has 0 aliphatic carbocycles. The summed E-state index contributed by atoms with van der Waals surface area (Å²) in [5, 5.41) is 3.96. The highest BCUT2D eigenvalue weighted by molar-refractivity contribution is 6.29. The van der Waals surface area contributed by atoms with E-state index in [2.05, 4.69) is 29.2 Å². The molecule has 1 aliphatic heterocycles. The highest BCUT2D eigenvalue weighted by atomic mass is 35.5. The van der Waals surface area contributed by atoms with Crippen molar-refractivity contribution in [3.8, 4) is 0 Å². The van der Waals surface area contributed by atoms with Crippen molar-refractivity contribution in [2.45, 2.75) is 18.9 Å². The molecule has 1 atom stereocenters. The number of hydrogen-bond acceptors (Lipinski definition) is 4. The molecule has 1 fully saturated rings. The molecule has 1 saturated heterocycles. The number of rotatable bonds is 4. The van der Waals surface area contributed by atoms with Crippen LogP contribution < -0.4 is 0 Å². The third kappa shape index (κ3) is 3.92. The first-order valence-electron chi connectivity index (χ1n) is 7.77. The molecular formula is C17H20ClN3O2. The van der Waals surface area contributed by atoms with Crippen LogP contribution in [0.2, 0.25) is 5.15 Å². The van der Waals surface area contributed by atoms with Crippen LogP contribution in [0.15, 0.2) is 40.9 Å². The Morgan fingerprint density at radius 3 is 2.83 bits per heavy atom. The van der Waals surface area contributed by atoms with Crippen LogP contribution in [0.5, 0.6) is 0 Å². The summed E-state index contributed by atoms with van der Waals surface area (Å²) < 4.78 is 5.05. The van der Waals surface area contributed by atoms with Gasteiger partial charge >= 0.3 is 0 Å². The zero-order valence-electron chi connectivity index (χ0n) is 13.1. The molecule has 0 spiro atoms. The van der Waals surface area contributed by atoms with Crippen molar-refractivity contribution in [2.75, 3.05) is 26.7 Å². The molecule has 0 radical (unpaired) electrons. The molecular weight excluding hydrogens is 314 g/mol. The van der Waals surface area contributed by atoms with E-state index in [0.29, 0.717) is 23.8 Å². The molecule has 0 saturated carbocycles. The number of aromatic nitrogens is 1. The lowest BCUT2D eigenvalue weighted by atomic mass is 10.0. The maximum Gasteiger partial charge on any atom is 0.223 e. The molecule has 1 aliphatic rings. The quantitative estimate of drug-likeness (QED) is 0.863. The number of aryl methyl sites for hydroxylation is 1. The maximum absolute atomic E-state index is 12.5. The van der Waals surface area contributed by atoms with Crippen molar-refractivity contribution < 1.29 is 9.32 Å². The summed E-state index contributed by atoms with van der Waals surface area (Å²) in [6.45, 7) is 2.35. The molecule has 1 aromatic heterocycles. The van der Waals surface area contributed by atoms with Gasteiger partial charge in [0.25, 0.3) is 0 Å². The fourth-order valence-electron chi connectivity index (χ4n) is 2.93. The Bertz CT molecular complexity index is 659. The Balaban J connectivity index is 1.60. The minimum absolute atomic E-state index is 0.145. The van der Waals surface area contributed by atoms with Gasteiger partial charge in [-0.15, -0.1) is 0 Å². The molecule has 5 nitrogen and oxygen atoms in total. The number of benzene rings is 1. The average molecular weight is 334 g/mol. The Kier molecular flexibility index (Phi) is 4.98. The smallest absolute Gasteiger partial charge is 0.223 e. The Hall–Kier alpha value is -1.85. The molecule has 3 rings (SSSR count). The fourth-order valence-corrected chi connectivity index (χ4v) is 3.09. The van der Waals surface area contributed by atoms with Crippen LogP contribution in [-0.2, 0) is 11.2 Å². The van der Waals surface area contributed by atoms with Gasteiger partial charge in [-0.25, -0.2) is 0 Å². The van der Waals surface area contributed by atoms with Crippen molar-refractivity contribution in [1.29, 1.82) is 0 Å². The number of nitrogens with zero attached hydrogens (tertiary/aromatic N) is 3. The molecule has 1 unspecified atom stereocenters. The molecule has 1 amide bonds. The highest BCUT2D eigenvalue weighted by Crippen LogP contribution is 2.24. The Labute approximate surface area is 140 Å². The lowest BCUT2D eigenvalue weighted by molar-refractivity contribution is -0.134. The van der Waals surface area contributed by atoms with Gasteiger partial charge in [0.15, 0.2) is 5.15 Å². The number of likely N-dealkylation sites (N-methyl/N-ethyl adjacent to an activating group) is 1. The van der Waals surface area contributed by atoms with Crippen LogP contribution >= 0.6 is 11.6 Å². The summed E-state index contributed by atoms with van der Waals surface area (Å²) in [5.74, 6) is 0.795. The summed E-state index contributed by atoms with van der Waals surface area (Å²) in [6, 6.07) is 12.2. The summed E-state index contributed by atoms with van der Waals surface area (Å²) in [7, 11) is 2.11.